The molecular weight excluding hydrogens is 403 g/mol. The van der Waals surface area contributed by atoms with Crippen molar-refractivity contribution in [2.45, 2.75) is 13.5 Å². The summed E-state index contributed by atoms with van der Waals surface area (Å²) in [5, 5.41) is 6.48. The molecule has 0 aliphatic rings. The molecule has 0 unspecified atom stereocenters. The molecule has 0 N–H and O–H groups in total. The van der Waals surface area contributed by atoms with Gasteiger partial charge in [0.15, 0.2) is 5.82 Å². The first kappa shape index (κ1) is 18.4. The van der Waals surface area contributed by atoms with Crippen LogP contribution in [0.5, 0.6) is 0 Å². The molecule has 5 aromatic rings. The van der Waals surface area contributed by atoms with Crippen molar-refractivity contribution in [3.05, 3.63) is 87.8 Å². The number of nitrogens with zero attached hydrogens (tertiary/aromatic N) is 4. The predicted molar refractivity (Wildman–Crippen MR) is 113 cm³/mol. The van der Waals surface area contributed by atoms with Crippen LogP contribution in [0.1, 0.15) is 11.4 Å². The van der Waals surface area contributed by atoms with E-state index in [0.29, 0.717) is 21.6 Å². The van der Waals surface area contributed by atoms with Crippen LogP contribution in [-0.4, -0.2) is 19.7 Å². The zero-order valence-corrected chi connectivity index (χ0v) is 16.7. The summed E-state index contributed by atoms with van der Waals surface area (Å²) in [4.78, 5) is 22.6. The van der Waals surface area contributed by atoms with Gasteiger partial charge in [0.25, 0.3) is 11.4 Å². The number of aryl methyl sites for hydroxylation is 1. The maximum absolute atomic E-state index is 13.2. The summed E-state index contributed by atoms with van der Waals surface area (Å²) in [6.07, 6.45) is 1.49. The molecule has 8 heteroatoms. The Hall–Kier alpha value is -3.65. The Morgan fingerprint density at radius 3 is 2.57 bits per heavy atom. The van der Waals surface area contributed by atoms with Gasteiger partial charge in [0, 0.05) is 16.5 Å². The van der Waals surface area contributed by atoms with E-state index < -0.39 is 0 Å². The van der Waals surface area contributed by atoms with Crippen molar-refractivity contribution in [2.75, 3.05) is 0 Å². The van der Waals surface area contributed by atoms with Crippen molar-refractivity contribution in [1.82, 2.24) is 19.7 Å². The molecule has 3 heterocycles. The van der Waals surface area contributed by atoms with E-state index in [9.17, 15) is 9.18 Å². The van der Waals surface area contributed by atoms with Crippen molar-refractivity contribution in [3.63, 3.8) is 0 Å². The summed E-state index contributed by atoms with van der Waals surface area (Å²) in [6, 6.07) is 13.8. The molecule has 0 atom stereocenters. The van der Waals surface area contributed by atoms with E-state index in [2.05, 4.69) is 15.1 Å². The fraction of sp³-hybridized carbons (Fsp3) is 0.0909. The van der Waals surface area contributed by atoms with Gasteiger partial charge in [0.05, 0.1) is 18.3 Å². The van der Waals surface area contributed by atoms with Crippen molar-refractivity contribution >= 4 is 21.6 Å². The number of hydrogen-bond donors (Lipinski definition) is 0. The molecule has 148 valence electrons. The Kier molecular flexibility index (Phi) is 4.48. The van der Waals surface area contributed by atoms with E-state index in [4.69, 9.17) is 4.52 Å². The summed E-state index contributed by atoms with van der Waals surface area (Å²) in [6.45, 7) is 2.14. The SMILES string of the molecule is Cc1ccc(-c2csc3ncn(Cc4noc(-c5ccc(F)cc5)n4)c(=O)c23)cc1. The Balaban J connectivity index is 1.50. The van der Waals surface area contributed by atoms with Crippen LogP contribution in [0.25, 0.3) is 32.8 Å². The topological polar surface area (TPSA) is 73.8 Å². The van der Waals surface area contributed by atoms with Gasteiger partial charge in [0.2, 0.25) is 0 Å². The summed E-state index contributed by atoms with van der Waals surface area (Å²) >= 11 is 1.44. The lowest BCUT2D eigenvalue weighted by Crippen LogP contribution is -2.21. The highest BCUT2D eigenvalue weighted by atomic mass is 32.1. The van der Waals surface area contributed by atoms with Gasteiger partial charge in [-0.15, -0.1) is 11.3 Å². The lowest BCUT2D eigenvalue weighted by atomic mass is 10.1. The first-order chi connectivity index (χ1) is 14.6. The highest BCUT2D eigenvalue weighted by Crippen LogP contribution is 2.30. The number of halogens is 1. The van der Waals surface area contributed by atoms with E-state index >= 15 is 0 Å². The molecule has 0 bridgehead atoms. The quantitative estimate of drug-likeness (QED) is 0.424. The second-order valence-corrected chi connectivity index (χ2v) is 7.75. The molecule has 0 amide bonds. The second kappa shape index (κ2) is 7.31. The molecule has 2 aromatic carbocycles. The zero-order chi connectivity index (χ0) is 20.7. The third-order valence-corrected chi connectivity index (χ3v) is 5.68. The molecule has 0 aliphatic heterocycles. The van der Waals surface area contributed by atoms with Crippen LogP contribution in [0, 0.1) is 12.7 Å². The summed E-state index contributed by atoms with van der Waals surface area (Å²) in [7, 11) is 0. The summed E-state index contributed by atoms with van der Waals surface area (Å²) < 4.78 is 19.8. The maximum atomic E-state index is 13.2. The van der Waals surface area contributed by atoms with Crippen molar-refractivity contribution in [3.8, 4) is 22.6 Å². The van der Waals surface area contributed by atoms with Crippen molar-refractivity contribution < 1.29 is 8.91 Å². The monoisotopic (exact) mass is 418 g/mol. The maximum Gasteiger partial charge on any atom is 0.263 e. The van der Waals surface area contributed by atoms with E-state index in [1.54, 1.807) is 12.1 Å². The van der Waals surface area contributed by atoms with Gasteiger partial charge in [-0.3, -0.25) is 9.36 Å². The normalized spacial score (nSPS) is 11.3. The largest absolute Gasteiger partial charge is 0.334 e. The highest BCUT2D eigenvalue weighted by molar-refractivity contribution is 7.17. The molecule has 0 aliphatic carbocycles. The molecule has 6 nitrogen and oxygen atoms in total. The molecule has 5 rings (SSSR count). The summed E-state index contributed by atoms with van der Waals surface area (Å²) in [5.74, 6) is 0.261. The van der Waals surface area contributed by atoms with Crippen molar-refractivity contribution in [1.29, 1.82) is 0 Å². The highest BCUT2D eigenvalue weighted by Gasteiger charge is 2.15. The number of rotatable bonds is 4. The average molecular weight is 418 g/mol. The average Bonchev–Trinajstić information content (AvgIpc) is 3.39. The number of benzene rings is 2. The van der Waals surface area contributed by atoms with Gasteiger partial charge >= 0.3 is 0 Å². The van der Waals surface area contributed by atoms with Crippen LogP contribution >= 0.6 is 11.3 Å². The third-order valence-electron chi connectivity index (χ3n) is 4.79. The fourth-order valence-corrected chi connectivity index (χ4v) is 4.11. The Labute approximate surface area is 174 Å². The molecule has 0 fully saturated rings. The minimum absolute atomic E-state index is 0.121. The fourth-order valence-electron chi connectivity index (χ4n) is 3.21. The molecule has 3 aromatic heterocycles. The summed E-state index contributed by atoms with van der Waals surface area (Å²) in [5.41, 5.74) is 3.44. The lowest BCUT2D eigenvalue weighted by Gasteiger charge is -2.04. The van der Waals surface area contributed by atoms with Gasteiger partial charge in [-0.25, -0.2) is 9.37 Å². The van der Waals surface area contributed by atoms with Gasteiger partial charge in [-0.2, -0.15) is 4.98 Å². The van der Waals surface area contributed by atoms with E-state index in [-0.39, 0.29) is 23.8 Å². The van der Waals surface area contributed by atoms with Gasteiger partial charge < -0.3 is 4.52 Å². The number of fused-ring (bicyclic) bond motifs is 1. The standard InChI is InChI=1S/C22H15FN4O2S/c1-13-2-4-14(5-3-13)17-11-30-21-19(17)22(28)27(12-24-21)10-18-25-20(29-26-18)15-6-8-16(23)9-7-15/h2-9,11-12H,10H2,1H3. The molecule has 30 heavy (non-hydrogen) atoms. The van der Waals surface area contributed by atoms with Gasteiger partial charge in [-0.1, -0.05) is 35.0 Å². The second-order valence-electron chi connectivity index (χ2n) is 6.90. The molecule has 0 saturated heterocycles. The molecule has 0 saturated carbocycles. The first-order valence-electron chi connectivity index (χ1n) is 9.21. The smallest absolute Gasteiger partial charge is 0.263 e. The van der Waals surface area contributed by atoms with Gasteiger partial charge in [-0.05, 0) is 36.8 Å². The van der Waals surface area contributed by atoms with Gasteiger partial charge in [0.1, 0.15) is 10.6 Å². The van der Waals surface area contributed by atoms with Crippen LogP contribution in [0.15, 0.2) is 69.6 Å². The molecule has 0 radical (unpaired) electrons. The Bertz CT molecular complexity index is 1400. The van der Waals surface area contributed by atoms with Crippen LogP contribution < -0.4 is 5.56 Å². The zero-order valence-electron chi connectivity index (χ0n) is 15.9. The van der Waals surface area contributed by atoms with E-state index in [1.807, 2.05) is 36.6 Å². The third kappa shape index (κ3) is 3.31. The first-order valence-corrected chi connectivity index (χ1v) is 10.1. The molecule has 0 spiro atoms. The Morgan fingerprint density at radius 1 is 1.07 bits per heavy atom. The van der Waals surface area contributed by atoms with Crippen LogP contribution in [0.4, 0.5) is 4.39 Å². The number of aromatic nitrogens is 4. The van der Waals surface area contributed by atoms with Crippen LogP contribution in [0.3, 0.4) is 0 Å². The number of thiophene rings is 1. The predicted octanol–water partition coefficient (Wildman–Crippen LogP) is 4.67. The Morgan fingerprint density at radius 2 is 1.80 bits per heavy atom. The minimum Gasteiger partial charge on any atom is -0.334 e. The van der Waals surface area contributed by atoms with E-state index in [0.717, 1.165) is 16.7 Å². The lowest BCUT2D eigenvalue weighted by molar-refractivity contribution is 0.420. The van der Waals surface area contributed by atoms with Crippen LogP contribution in [0.2, 0.25) is 0 Å². The van der Waals surface area contributed by atoms with Crippen LogP contribution in [-0.2, 0) is 6.54 Å². The van der Waals surface area contributed by atoms with E-state index in [1.165, 1.54) is 34.4 Å². The molecular formula is C22H15FN4O2S. The van der Waals surface area contributed by atoms with Crippen molar-refractivity contribution in [2.24, 2.45) is 0 Å². The number of hydrogen-bond acceptors (Lipinski definition) is 6. The minimum atomic E-state index is -0.343.